The number of nitro benzene ring substituents is 1. The number of nitrogens with one attached hydrogen (secondary N) is 1. The largest absolute Gasteiger partial charge is 0.339 e. The summed E-state index contributed by atoms with van der Waals surface area (Å²) in [5.74, 6) is 0.514. The number of halogens is 1. The first kappa shape index (κ1) is 16.4. The van der Waals surface area contributed by atoms with E-state index in [0.717, 1.165) is 21.3 Å². The lowest BCUT2D eigenvalue weighted by Crippen LogP contribution is -1.97. The number of hydrogen-bond donors (Lipinski definition) is 1. The zero-order chi connectivity index (χ0) is 18.1. The van der Waals surface area contributed by atoms with E-state index in [9.17, 15) is 10.1 Å². The van der Waals surface area contributed by atoms with Crippen LogP contribution in [0.5, 0.6) is 0 Å². The third-order valence-corrected chi connectivity index (χ3v) is 4.85. The standard InChI is InChI=1S/C18H11ClN4O2S/c19-18-21-16(20-12-7-4-8-13(9-12)23(24)25)15-14(10-26-17(15)22-18)11-5-2-1-3-6-11/h1-10H,(H,20,21,22). The highest BCUT2D eigenvalue weighted by Gasteiger charge is 2.16. The minimum absolute atomic E-state index is 0.00000148. The molecule has 0 unspecified atom stereocenters. The molecule has 0 saturated heterocycles. The molecule has 4 rings (SSSR count). The molecule has 26 heavy (non-hydrogen) atoms. The Morgan fingerprint density at radius 3 is 2.65 bits per heavy atom. The van der Waals surface area contributed by atoms with Gasteiger partial charge in [0, 0.05) is 28.8 Å². The van der Waals surface area contributed by atoms with Crippen LogP contribution in [0.4, 0.5) is 17.2 Å². The van der Waals surface area contributed by atoms with Crippen molar-refractivity contribution in [3.63, 3.8) is 0 Å². The number of non-ortho nitro benzene ring substituents is 1. The number of anilines is 2. The normalized spacial score (nSPS) is 10.8. The number of nitrogens with zero attached hydrogens (tertiary/aromatic N) is 3. The highest BCUT2D eigenvalue weighted by atomic mass is 35.5. The predicted molar refractivity (Wildman–Crippen MR) is 104 cm³/mol. The van der Waals surface area contributed by atoms with E-state index in [0.29, 0.717) is 11.5 Å². The van der Waals surface area contributed by atoms with Crippen LogP contribution in [-0.4, -0.2) is 14.9 Å². The first-order valence-corrected chi connectivity index (χ1v) is 8.89. The molecule has 0 aliphatic carbocycles. The highest BCUT2D eigenvalue weighted by molar-refractivity contribution is 7.17. The number of fused-ring (bicyclic) bond motifs is 1. The van der Waals surface area contributed by atoms with Crippen LogP contribution >= 0.6 is 22.9 Å². The van der Waals surface area contributed by atoms with E-state index < -0.39 is 4.92 Å². The molecule has 4 aromatic rings. The molecule has 128 valence electrons. The second-order valence-corrected chi connectivity index (χ2v) is 6.67. The Labute approximate surface area is 157 Å². The Bertz CT molecular complexity index is 1110. The zero-order valence-corrected chi connectivity index (χ0v) is 14.8. The quantitative estimate of drug-likeness (QED) is 0.279. The molecule has 0 amide bonds. The molecule has 0 radical (unpaired) electrons. The van der Waals surface area contributed by atoms with Gasteiger partial charge in [-0.25, -0.2) is 4.98 Å². The van der Waals surface area contributed by atoms with Gasteiger partial charge in [0.1, 0.15) is 10.6 Å². The van der Waals surface area contributed by atoms with Gasteiger partial charge in [-0.3, -0.25) is 10.1 Å². The molecule has 2 aromatic heterocycles. The summed E-state index contributed by atoms with van der Waals surface area (Å²) in [6.07, 6.45) is 0. The highest BCUT2D eigenvalue weighted by Crippen LogP contribution is 2.38. The molecule has 1 N–H and O–H groups in total. The Hall–Kier alpha value is -3.03. The third kappa shape index (κ3) is 3.10. The maximum Gasteiger partial charge on any atom is 0.271 e. The van der Waals surface area contributed by atoms with Crippen LogP contribution in [-0.2, 0) is 0 Å². The van der Waals surface area contributed by atoms with Crippen molar-refractivity contribution in [2.75, 3.05) is 5.32 Å². The van der Waals surface area contributed by atoms with Gasteiger partial charge in [-0.2, -0.15) is 4.98 Å². The number of rotatable bonds is 4. The van der Waals surface area contributed by atoms with Gasteiger partial charge in [0.05, 0.1) is 10.3 Å². The Morgan fingerprint density at radius 1 is 1.08 bits per heavy atom. The lowest BCUT2D eigenvalue weighted by molar-refractivity contribution is -0.384. The van der Waals surface area contributed by atoms with E-state index >= 15 is 0 Å². The summed E-state index contributed by atoms with van der Waals surface area (Å²) in [5, 5.41) is 17.1. The first-order chi connectivity index (χ1) is 12.6. The Morgan fingerprint density at radius 2 is 1.88 bits per heavy atom. The average molecular weight is 383 g/mol. The van der Waals surface area contributed by atoms with E-state index in [1.165, 1.54) is 23.5 Å². The van der Waals surface area contributed by atoms with Gasteiger partial charge in [-0.15, -0.1) is 11.3 Å². The molecule has 0 bridgehead atoms. The summed E-state index contributed by atoms with van der Waals surface area (Å²) in [4.78, 5) is 19.9. The lowest BCUT2D eigenvalue weighted by Gasteiger charge is -2.09. The maximum atomic E-state index is 11.0. The van der Waals surface area contributed by atoms with Gasteiger partial charge in [0.15, 0.2) is 0 Å². The van der Waals surface area contributed by atoms with Crippen LogP contribution in [0, 0.1) is 10.1 Å². The summed E-state index contributed by atoms with van der Waals surface area (Å²) in [5.41, 5.74) is 2.57. The summed E-state index contributed by atoms with van der Waals surface area (Å²) in [7, 11) is 0. The number of hydrogen-bond acceptors (Lipinski definition) is 6. The molecular formula is C18H11ClN4O2S. The molecule has 0 saturated carbocycles. The van der Waals surface area contributed by atoms with Crippen molar-refractivity contribution in [3.05, 3.63) is 75.4 Å². The van der Waals surface area contributed by atoms with E-state index in [-0.39, 0.29) is 11.0 Å². The van der Waals surface area contributed by atoms with Gasteiger partial charge in [0.2, 0.25) is 5.28 Å². The molecule has 0 aliphatic heterocycles. The van der Waals surface area contributed by atoms with Crippen LogP contribution in [0.15, 0.2) is 60.0 Å². The number of benzene rings is 2. The van der Waals surface area contributed by atoms with Crippen molar-refractivity contribution >= 4 is 50.3 Å². The molecule has 8 heteroatoms. The van der Waals surface area contributed by atoms with Gasteiger partial charge in [0.25, 0.3) is 5.69 Å². The minimum Gasteiger partial charge on any atom is -0.339 e. The molecule has 0 fully saturated rings. The van der Waals surface area contributed by atoms with Gasteiger partial charge in [-0.1, -0.05) is 36.4 Å². The molecule has 0 spiro atoms. The fourth-order valence-electron chi connectivity index (χ4n) is 2.67. The van der Waals surface area contributed by atoms with E-state index in [4.69, 9.17) is 11.6 Å². The second kappa shape index (κ2) is 6.70. The topological polar surface area (TPSA) is 81.0 Å². The Kier molecular flexibility index (Phi) is 4.24. The summed E-state index contributed by atoms with van der Waals surface area (Å²) >= 11 is 7.54. The van der Waals surface area contributed by atoms with Gasteiger partial charge in [-0.05, 0) is 23.2 Å². The maximum absolute atomic E-state index is 11.0. The van der Waals surface area contributed by atoms with Crippen LogP contribution in [0.2, 0.25) is 5.28 Å². The molecule has 2 aromatic carbocycles. The van der Waals surface area contributed by atoms with E-state index in [1.807, 2.05) is 35.7 Å². The second-order valence-electron chi connectivity index (χ2n) is 5.47. The molecule has 2 heterocycles. The Balaban J connectivity index is 1.85. The fourth-order valence-corrected chi connectivity index (χ4v) is 3.84. The van der Waals surface area contributed by atoms with Gasteiger partial charge >= 0.3 is 0 Å². The average Bonchev–Trinajstić information content (AvgIpc) is 3.06. The van der Waals surface area contributed by atoms with Crippen LogP contribution in [0.3, 0.4) is 0 Å². The number of nitro groups is 1. The van der Waals surface area contributed by atoms with Crippen LogP contribution < -0.4 is 5.32 Å². The summed E-state index contributed by atoms with van der Waals surface area (Å²) in [6, 6.07) is 16.1. The third-order valence-electron chi connectivity index (χ3n) is 3.81. The molecular weight excluding hydrogens is 372 g/mol. The van der Waals surface area contributed by atoms with Crippen molar-refractivity contribution in [2.45, 2.75) is 0 Å². The molecule has 0 atom stereocenters. The monoisotopic (exact) mass is 382 g/mol. The first-order valence-electron chi connectivity index (χ1n) is 7.63. The van der Waals surface area contributed by atoms with Crippen molar-refractivity contribution in [3.8, 4) is 11.1 Å². The predicted octanol–water partition coefficient (Wildman–Crippen LogP) is 5.66. The minimum atomic E-state index is -0.437. The van der Waals surface area contributed by atoms with E-state index in [2.05, 4.69) is 15.3 Å². The van der Waals surface area contributed by atoms with Crippen LogP contribution in [0.25, 0.3) is 21.3 Å². The van der Waals surface area contributed by atoms with Crippen molar-refractivity contribution in [2.24, 2.45) is 0 Å². The van der Waals surface area contributed by atoms with Crippen molar-refractivity contribution in [1.82, 2.24) is 9.97 Å². The summed E-state index contributed by atoms with van der Waals surface area (Å²) in [6.45, 7) is 0. The van der Waals surface area contributed by atoms with Crippen molar-refractivity contribution < 1.29 is 4.92 Å². The zero-order valence-electron chi connectivity index (χ0n) is 13.2. The molecule has 6 nitrogen and oxygen atoms in total. The fraction of sp³-hybridized carbons (Fsp3) is 0. The van der Waals surface area contributed by atoms with E-state index in [1.54, 1.807) is 12.1 Å². The lowest BCUT2D eigenvalue weighted by atomic mass is 10.1. The van der Waals surface area contributed by atoms with Crippen LogP contribution in [0.1, 0.15) is 0 Å². The van der Waals surface area contributed by atoms with Gasteiger partial charge < -0.3 is 5.32 Å². The summed E-state index contributed by atoms with van der Waals surface area (Å²) < 4.78 is 0. The number of thiophene rings is 1. The SMILES string of the molecule is O=[N+]([O-])c1cccc(Nc2nc(Cl)nc3scc(-c4ccccc4)c23)c1. The molecule has 0 aliphatic rings. The number of aromatic nitrogens is 2. The van der Waals surface area contributed by atoms with Crippen molar-refractivity contribution in [1.29, 1.82) is 0 Å². The smallest absolute Gasteiger partial charge is 0.271 e.